The summed E-state index contributed by atoms with van der Waals surface area (Å²) in [4.78, 5) is 203. The third kappa shape index (κ3) is 27.9. The number of nitrogens with zero attached hydrogens (tertiary/aromatic N) is 3. The van der Waals surface area contributed by atoms with Crippen molar-refractivity contribution in [2.24, 2.45) is 5.92 Å². The quantitative estimate of drug-likeness (QED) is 0.0193. The normalized spacial score (nSPS) is 14.9. The van der Waals surface area contributed by atoms with Gasteiger partial charge in [-0.1, -0.05) is 118 Å². The van der Waals surface area contributed by atoms with Crippen LogP contribution in [0.15, 0.2) is 140 Å². The first-order chi connectivity index (χ1) is 53.7. The zero-order valence-corrected chi connectivity index (χ0v) is 65.5. The van der Waals surface area contributed by atoms with E-state index >= 15 is 19.2 Å². The number of aliphatic hydroxyl groups is 1. The number of pyridine rings is 1. The lowest BCUT2D eigenvalue weighted by atomic mass is 9.99. The van der Waals surface area contributed by atoms with E-state index in [9.17, 15) is 58.2 Å². The summed E-state index contributed by atoms with van der Waals surface area (Å²) in [5, 5.41) is 55.2. The van der Waals surface area contributed by atoms with E-state index in [-0.39, 0.29) is 74.9 Å². The Bertz CT molecular complexity index is 4340. The number of carboxylic acid groups (broad SMARTS) is 1. The number of amides is 13. The fourth-order valence-electron chi connectivity index (χ4n) is 12.8. The van der Waals surface area contributed by atoms with Crippen LogP contribution in [0.1, 0.15) is 127 Å². The largest absolute Gasteiger partial charge is 0.480 e. The van der Waals surface area contributed by atoms with Gasteiger partial charge in [-0.2, -0.15) is 0 Å². The molecule has 113 heavy (non-hydrogen) atoms. The number of unbranched alkanes of at least 4 members (excludes halogenated alkanes) is 1. The first-order valence-corrected chi connectivity index (χ1v) is 37.8. The standard InChI is InChI=1S/C81H102ClN15O16/c1-46(2)38-63(71(102)89-62(19-12-13-36-84-47(3)4)80(111)97-37-15-20-69(97)77(108)85-48(5)81(112)113)90-73(104)65(41-53-24-31-60(32-25-53)86-49(6)99)91-74(105)66(42-54-26-33-61(34-27-54)87-50(7)100)93-76(107)68(45-98)94-78(109)70(96(9)79(110)58-18-14-35-83-44-58)95-75(106)67(40-52-22-29-59(82)30-23-52)92-72(103)64(88-51(8)101)43-55-21-28-56-16-10-11-17-57(56)39-55/h10-11,14,16-18,21-35,39,44,46-48,62-70,84,98H,12-13,15,19-20,36-38,40-43,45H2,1-9H3,(H,85,108)(H,86,99)(H,87,100)(H,88,101)(H,89,102)(H,90,104)(H,91,105)(H,92,103)(H,93,107)(H,94,109)(H,95,106)(H,112,113)/t48-,62+,63+,64-,65-,66+,67-,68+,69+,70+/m1/s1. The zero-order valence-electron chi connectivity index (χ0n) is 64.7. The Balaban J connectivity index is 1.21. The van der Waals surface area contributed by atoms with Crippen LogP contribution < -0.4 is 63.8 Å². The molecule has 0 saturated carbocycles. The molecule has 10 atom stereocenters. The molecule has 2 heterocycles. The lowest BCUT2D eigenvalue weighted by molar-refractivity contribution is -0.144. The minimum Gasteiger partial charge on any atom is -0.480 e. The number of fused-ring (bicyclic) bond motifs is 1. The highest BCUT2D eigenvalue weighted by molar-refractivity contribution is 6.30. The lowest BCUT2D eigenvalue weighted by Crippen LogP contribution is -2.64. The van der Waals surface area contributed by atoms with Crippen LogP contribution >= 0.6 is 11.6 Å². The molecule has 0 radical (unpaired) electrons. The fourth-order valence-corrected chi connectivity index (χ4v) is 12.9. The molecule has 1 aromatic heterocycles. The Kier molecular flexibility index (Phi) is 33.8. The molecule has 1 fully saturated rings. The second kappa shape index (κ2) is 43.2. The van der Waals surface area contributed by atoms with Crippen molar-refractivity contribution in [2.75, 3.05) is 37.4 Å². The van der Waals surface area contributed by atoms with Gasteiger partial charge in [-0.15, -0.1) is 0 Å². The number of rotatable bonds is 40. The number of likely N-dealkylation sites (tertiary alicyclic amines) is 1. The molecule has 13 amide bonds. The van der Waals surface area contributed by atoms with Crippen LogP contribution in [0.3, 0.4) is 0 Å². The van der Waals surface area contributed by atoms with Gasteiger partial charge in [-0.3, -0.25) is 72.1 Å². The highest BCUT2D eigenvalue weighted by Gasteiger charge is 2.41. The minimum atomic E-state index is -2.07. The third-order valence-electron chi connectivity index (χ3n) is 18.6. The van der Waals surface area contributed by atoms with Crippen molar-refractivity contribution < 1.29 is 77.3 Å². The Morgan fingerprint density at radius 1 is 0.522 bits per heavy atom. The van der Waals surface area contributed by atoms with Crippen molar-refractivity contribution in [3.05, 3.63) is 173 Å². The number of benzene rings is 5. The van der Waals surface area contributed by atoms with Gasteiger partial charge in [0.05, 0.1) is 12.2 Å². The second-order valence-corrected chi connectivity index (χ2v) is 29.2. The number of likely N-dealkylation sites (N-methyl/N-ethyl adjacent to an activating group) is 1. The van der Waals surface area contributed by atoms with E-state index in [1.165, 1.54) is 81.4 Å². The molecule has 31 nitrogen and oxygen atoms in total. The molecule has 604 valence electrons. The van der Waals surface area contributed by atoms with Crippen LogP contribution in [-0.2, 0) is 88.0 Å². The van der Waals surface area contributed by atoms with Crippen molar-refractivity contribution in [3.63, 3.8) is 0 Å². The predicted octanol–water partition coefficient (Wildman–Crippen LogP) is 3.49. The number of carboxylic acids is 1. The van der Waals surface area contributed by atoms with Gasteiger partial charge < -0.3 is 83.8 Å². The highest BCUT2D eigenvalue weighted by Crippen LogP contribution is 2.23. The number of carbonyl (C=O) groups is 14. The molecule has 7 rings (SSSR count). The Morgan fingerprint density at radius 2 is 1.00 bits per heavy atom. The number of aromatic nitrogens is 1. The number of hydrogen-bond acceptors (Lipinski definition) is 17. The summed E-state index contributed by atoms with van der Waals surface area (Å²) in [5.74, 6) is -12.2. The Hall–Kier alpha value is -11.7. The SMILES string of the molecule is CC(=O)Nc1ccc(C[C@H](NC(=O)[C@H](CO)NC(=O)[C@@H](NC(=O)[C@@H](Cc2ccc(Cl)cc2)NC(=O)[C@@H](Cc2ccc3ccccc3c2)NC(C)=O)N(C)C(=O)c2cccnc2)C(=O)N[C@H](Cc2ccc(NC(C)=O)cc2)C(=O)N[C@@H](CC(C)C)C(=O)N[C@@H](CCCCNC(C)C)C(=O)N2CCC[C@H]2C(=O)N[C@H](C)C(=O)O)cc1. The Labute approximate surface area is 660 Å². The summed E-state index contributed by atoms with van der Waals surface area (Å²) in [6.07, 6.45) is 1.27. The zero-order chi connectivity index (χ0) is 82.6. The summed E-state index contributed by atoms with van der Waals surface area (Å²) in [7, 11) is 1.16. The van der Waals surface area contributed by atoms with Crippen molar-refractivity contribution in [1.82, 2.24) is 68.0 Å². The van der Waals surface area contributed by atoms with E-state index in [1.807, 2.05) is 50.2 Å². The predicted molar refractivity (Wildman–Crippen MR) is 423 cm³/mol. The number of hydrogen-bond donors (Lipinski definition) is 14. The van der Waals surface area contributed by atoms with Gasteiger partial charge in [0, 0.05) is 94.9 Å². The molecule has 0 bridgehead atoms. The Morgan fingerprint density at radius 3 is 1.50 bits per heavy atom. The van der Waals surface area contributed by atoms with Gasteiger partial charge in [-0.05, 0) is 139 Å². The minimum absolute atomic E-state index is 0.0156. The van der Waals surface area contributed by atoms with E-state index in [2.05, 4.69) is 68.8 Å². The van der Waals surface area contributed by atoms with E-state index in [4.69, 9.17) is 11.6 Å². The van der Waals surface area contributed by atoms with Crippen LogP contribution in [0.5, 0.6) is 0 Å². The maximum Gasteiger partial charge on any atom is 0.325 e. The summed E-state index contributed by atoms with van der Waals surface area (Å²) in [6.45, 7) is 12.2. The number of nitrogens with one attached hydrogen (secondary N) is 12. The molecule has 1 saturated heterocycles. The monoisotopic (exact) mass is 1580 g/mol. The van der Waals surface area contributed by atoms with Crippen molar-refractivity contribution in [3.8, 4) is 0 Å². The average Bonchev–Trinajstić information content (AvgIpc) is 1.71. The topological polar surface area (TPSA) is 443 Å². The number of halogens is 1. The molecule has 1 aliphatic heterocycles. The molecule has 1 aliphatic rings. The summed E-state index contributed by atoms with van der Waals surface area (Å²) in [6, 6.07) is 21.6. The second-order valence-electron chi connectivity index (χ2n) is 28.7. The van der Waals surface area contributed by atoms with E-state index in [1.54, 1.807) is 68.4 Å². The molecule has 0 aliphatic carbocycles. The first kappa shape index (κ1) is 88.5. The summed E-state index contributed by atoms with van der Waals surface area (Å²) < 4.78 is 0. The highest BCUT2D eigenvalue weighted by atomic mass is 35.5. The summed E-state index contributed by atoms with van der Waals surface area (Å²) >= 11 is 6.26. The average molecular weight is 1580 g/mol. The third-order valence-corrected chi connectivity index (χ3v) is 18.8. The molecule has 14 N–H and O–H groups in total. The molecule has 0 spiro atoms. The molecular formula is C81H102ClN15O16. The first-order valence-electron chi connectivity index (χ1n) is 37.5. The van der Waals surface area contributed by atoms with E-state index < -0.39 is 144 Å². The maximum atomic E-state index is 15.4. The van der Waals surface area contributed by atoms with Crippen LogP contribution in [0, 0.1) is 5.92 Å². The summed E-state index contributed by atoms with van der Waals surface area (Å²) in [5.41, 5.74) is 2.59. The van der Waals surface area contributed by atoms with Gasteiger partial charge in [0.15, 0.2) is 6.17 Å². The fraction of sp³-hybridized carbons (Fsp3) is 0.420. The number of aliphatic carboxylic acids is 1. The lowest BCUT2D eigenvalue weighted by Gasteiger charge is -2.31. The maximum absolute atomic E-state index is 15.4. The van der Waals surface area contributed by atoms with Crippen molar-refractivity contribution in [1.29, 1.82) is 0 Å². The molecule has 6 aromatic rings. The van der Waals surface area contributed by atoms with Crippen molar-refractivity contribution >= 4 is 117 Å². The van der Waals surface area contributed by atoms with Crippen LogP contribution in [0.25, 0.3) is 10.8 Å². The molecule has 0 unspecified atom stereocenters. The van der Waals surface area contributed by atoms with Crippen LogP contribution in [0.2, 0.25) is 5.02 Å². The van der Waals surface area contributed by atoms with E-state index in [0.29, 0.717) is 64.5 Å². The van der Waals surface area contributed by atoms with Gasteiger partial charge in [0.25, 0.3) is 11.8 Å². The van der Waals surface area contributed by atoms with Gasteiger partial charge in [-0.25, -0.2) is 0 Å². The van der Waals surface area contributed by atoms with Crippen LogP contribution in [0.4, 0.5) is 11.4 Å². The molecular weight excluding hydrogens is 1470 g/mol. The van der Waals surface area contributed by atoms with Crippen molar-refractivity contribution in [2.45, 2.75) is 186 Å². The molecule has 32 heteroatoms. The smallest absolute Gasteiger partial charge is 0.325 e. The number of aliphatic hydroxyl groups excluding tert-OH is 1. The van der Waals surface area contributed by atoms with Gasteiger partial charge in [0.2, 0.25) is 65.0 Å². The number of anilines is 2. The number of carbonyl (C=O) groups excluding carboxylic acids is 13. The van der Waals surface area contributed by atoms with Crippen LogP contribution in [-0.4, -0.2) is 201 Å². The van der Waals surface area contributed by atoms with E-state index in [0.717, 1.165) is 22.7 Å². The van der Waals surface area contributed by atoms with Gasteiger partial charge >= 0.3 is 5.97 Å². The molecule has 5 aromatic carbocycles. The van der Waals surface area contributed by atoms with Gasteiger partial charge in [0.1, 0.15) is 54.4 Å².